The molecule has 0 spiro atoms. The monoisotopic (exact) mass is 374 g/mol. The Labute approximate surface area is 156 Å². The highest BCUT2D eigenvalue weighted by atomic mass is 32.2. The second-order valence-electron chi connectivity index (χ2n) is 5.99. The molecule has 0 aliphatic carbocycles. The van der Waals surface area contributed by atoms with Crippen molar-refractivity contribution < 1.29 is 14.6 Å². The van der Waals surface area contributed by atoms with Crippen molar-refractivity contribution in [2.24, 2.45) is 0 Å². The van der Waals surface area contributed by atoms with Crippen molar-refractivity contribution in [3.05, 3.63) is 42.7 Å². The number of aliphatic hydroxyl groups excluding tert-OH is 1. The van der Waals surface area contributed by atoms with E-state index in [4.69, 9.17) is 4.74 Å². The van der Waals surface area contributed by atoms with Crippen LogP contribution in [0.3, 0.4) is 0 Å². The van der Waals surface area contributed by atoms with E-state index in [0.717, 1.165) is 10.6 Å². The second-order valence-corrected chi connectivity index (χ2v) is 7.04. The Balaban J connectivity index is 1.49. The van der Waals surface area contributed by atoms with E-state index in [1.165, 1.54) is 11.8 Å². The normalized spacial score (nSPS) is 19.8. The Morgan fingerprint density at radius 1 is 1.38 bits per heavy atom. The molecule has 2 N–H and O–H groups in total. The molecule has 8 heteroatoms. The molecular weight excluding hydrogens is 352 g/mol. The summed E-state index contributed by atoms with van der Waals surface area (Å²) < 4.78 is 5.19. The van der Waals surface area contributed by atoms with Crippen LogP contribution in [0.5, 0.6) is 5.75 Å². The first-order chi connectivity index (χ1) is 12.7. The zero-order valence-corrected chi connectivity index (χ0v) is 15.4. The Kier molecular flexibility index (Phi) is 6.30. The van der Waals surface area contributed by atoms with Crippen molar-refractivity contribution in [3.63, 3.8) is 0 Å². The van der Waals surface area contributed by atoms with Crippen LogP contribution in [0.15, 0.2) is 47.6 Å². The molecule has 0 unspecified atom stereocenters. The number of methoxy groups -OCH3 is 1. The van der Waals surface area contributed by atoms with Crippen LogP contribution in [0, 0.1) is 0 Å². The third-order valence-electron chi connectivity index (χ3n) is 4.22. The number of likely N-dealkylation sites (tertiary alicyclic amines) is 1. The zero-order valence-electron chi connectivity index (χ0n) is 14.5. The molecule has 1 amide bonds. The number of aromatic nitrogens is 2. The average molecular weight is 374 g/mol. The van der Waals surface area contributed by atoms with E-state index in [-0.39, 0.29) is 11.9 Å². The number of benzene rings is 1. The molecule has 138 valence electrons. The molecule has 3 rings (SSSR count). The quantitative estimate of drug-likeness (QED) is 0.744. The third-order valence-corrected chi connectivity index (χ3v) is 5.20. The molecule has 1 aromatic heterocycles. The summed E-state index contributed by atoms with van der Waals surface area (Å²) in [6, 6.07) is 9.21. The van der Waals surface area contributed by atoms with Crippen LogP contribution in [0.25, 0.3) is 0 Å². The fourth-order valence-corrected chi connectivity index (χ4v) is 3.64. The predicted octanol–water partition coefficient (Wildman–Crippen LogP) is 1.65. The lowest BCUT2D eigenvalue weighted by molar-refractivity contribution is -0.131. The smallest absolute Gasteiger partial charge is 0.233 e. The van der Waals surface area contributed by atoms with Crippen LogP contribution in [0.2, 0.25) is 0 Å². The Hall–Kier alpha value is -2.32. The fraction of sp³-hybridized carbons (Fsp3) is 0.389. The molecule has 2 atom stereocenters. The maximum Gasteiger partial charge on any atom is 0.233 e. The second kappa shape index (κ2) is 8.86. The van der Waals surface area contributed by atoms with Crippen molar-refractivity contribution in [1.29, 1.82) is 0 Å². The van der Waals surface area contributed by atoms with Crippen LogP contribution in [0.4, 0.5) is 5.95 Å². The lowest BCUT2D eigenvalue weighted by Crippen LogP contribution is -2.52. The van der Waals surface area contributed by atoms with Gasteiger partial charge in [0.05, 0.1) is 25.0 Å². The van der Waals surface area contributed by atoms with Crippen LogP contribution < -0.4 is 10.1 Å². The topological polar surface area (TPSA) is 87.6 Å². The average Bonchev–Trinajstić information content (AvgIpc) is 2.68. The molecule has 1 fully saturated rings. The van der Waals surface area contributed by atoms with Gasteiger partial charge in [-0.3, -0.25) is 4.79 Å². The molecule has 2 aromatic rings. The number of rotatable bonds is 6. The number of carbonyl (C=O) groups is 1. The van der Waals surface area contributed by atoms with Crippen LogP contribution in [-0.4, -0.2) is 64.0 Å². The van der Waals surface area contributed by atoms with E-state index in [9.17, 15) is 9.90 Å². The van der Waals surface area contributed by atoms with E-state index in [1.54, 1.807) is 30.5 Å². The molecular formula is C18H22N4O3S. The van der Waals surface area contributed by atoms with E-state index in [0.29, 0.717) is 31.2 Å². The van der Waals surface area contributed by atoms with Crippen molar-refractivity contribution in [3.8, 4) is 5.75 Å². The van der Waals surface area contributed by atoms with Gasteiger partial charge in [-0.2, -0.15) is 0 Å². The summed E-state index contributed by atoms with van der Waals surface area (Å²) in [6.45, 7) is 0.904. The number of anilines is 1. The SMILES string of the molecule is COc1cccc(SCC(=O)N2CC[C@@H](Nc3ncccn3)[C@H](O)C2)c1. The van der Waals surface area contributed by atoms with Gasteiger partial charge in [0.1, 0.15) is 5.75 Å². The van der Waals surface area contributed by atoms with E-state index < -0.39 is 6.10 Å². The number of β-amino-alcohol motifs (C(OH)–C–C–N with tert-alkyl or cyclic N) is 1. The van der Waals surface area contributed by atoms with Gasteiger partial charge in [0.25, 0.3) is 0 Å². The van der Waals surface area contributed by atoms with Crippen LogP contribution in [-0.2, 0) is 4.79 Å². The lowest BCUT2D eigenvalue weighted by atomic mass is 10.0. The maximum atomic E-state index is 12.5. The van der Waals surface area contributed by atoms with Crippen molar-refractivity contribution in [2.45, 2.75) is 23.5 Å². The van der Waals surface area contributed by atoms with E-state index in [2.05, 4.69) is 15.3 Å². The number of hydrogen-bond acceptors (Lipinski definition) is 7. The molecule has 0 bridgehead atoms. The van der Waals surface area contributed by atoms with Crippen molar-refractivity contribution in [2.75, 3.05) is 31.3 Å². The maximum absolute atomic E-state index is 12.5. The van der Waals surface area contributed by atoms with Gasteiger partial charge < -0.3 is 20.1 Å². The third kappa shape index (κ3) is 4.86. The summed E-state index contributed by atoms with van der Waals surface area (Å²) in [5.74, 6) is 1.61. The lowest BCUT2D eigenvalue weighted by Gasteiger charge is -2.36. The van der Waals surface area contributed by atoms with Gasteiger partial charge in [-0.1, -0.05) is 6.07 Å². The zero-order chi connectivity index (χ0) is 18.4. The molecule has 7 nitrogen and oxygen atoms in total. The summed E-state index contributed by atoms with van der Waals surface area (Å²) in [5.41, 5.74) is 0. The predicted molar refractivity (Wildman–Crippen MR) is 100 cm³/mol. The van der Waals surface area contributed by atoms with Gasteiger partial charge in [-0.15, -0.1) is 11.8 Å². The Morgan fingerprint density at radius 2 is 2.19 bits per heavy atom. The summed E-state index contributed by atoms with van der Waals surface area (Å²) in [7, 11) is 1.62. The Bertz CT molecular complexity index is 731. The number of nitrogens with zero attached hydrogens (tertiary/aromatic N) is 3. The van der Waals surface area contributed by atoms with Gasteiger partial charge in [-0.05, 0) is 30.7 Å². The summed E-state index contributed by atoms with van der Waals surface area (Å²) in [5, 5.41) is 13.5. The van der Waals surface area contributed by atoms with Gasteiger partial charge in [-0.25, -0.2) is 9.97 Å². The van der Waals surface area contributed by atoms with Crippen molar-refractivity contribution in [1.82, 2.24) is 14.9 Å². The molecule has 2 heterocycles. The molecule has 1 saturated heterocycles. The summed E-state index contributed by atoms with van der Waals surface area (Å²) in [6.07, 6.45) is 3.29. The number of nitrogens with one attached hydrogen (secondary N) is 1. The number of ether oxygens (including phenoxy) is 1. The molecule has 26 heavy (non-hydrogen) atoms. The molecule has 1 aliphatic heterocycles. The van der Waals surface area contributed by atoms with Gasteiger partial charge >= 0.3 is 0 Å². The first kappa shape index (κ1) is 18.5. The molecule has 0 radical (unpaired) electrons. The minimum Gasteiger partial charge on any atom is -0.497 e. The molecule has 1 aliphatic rings. The molecule has 0 saturated carbocycles. The van der Waals surface area contributed by atoms with Crippen molar-refractivity contribution >= 4 is 23.6 Å². The number of amides is 1. The van der Waals surface area contributed by atoms with Gasteiger partial charge in [0.2, 0.25) is 11.9 Å². The number of piperidine rings is 1. The highest BCUT2D eigenvalue weighted by molar-refractivity contribution is 8.00. The number of carbonyl (C=O) groups excluding carboxylic acids is 1. The van der Waals surface area contributed by atoms with E-state index in [1.807, 2.05) is 24.3 Å². The van der Waals surface area contributed by atoms with Gasteiger partial charge in [0, 0.05) is 30.4 Å². The first-order valence-corrected chi connectivity index (χ1v) is 9.40. The highest BCUT2D eigenvalue weighted by Gasteiger charge is 2.30. The van der Waals surface area contributed by atoms with Crippen LogP contribution in [0.1, 0.15) is 6.42 Å². The minimum atomic E-state index is -0.654. The number of thioether (sulfide) groups is 1. The standard InChI is InChI=1S/C18H22N4O3S/c1-25-13-4-2-5-14(10-13)26-12-17(24)22-9-6-15(16(23)11-22)21-18-19-7-3-8-20-18/h2-5,7-8,10,15-16,23H,6,9,11-12H2,1H3,(H,19,20,21)/t15-,16-/m1/s1. The number of aliphatic hydroxyl groups is 1. The summed E-state index contributed by atoms with van der Waals surface area (Å²) >= 11 is 1.47. The minimum absolute atomic E-state index is 0.0197. The highest BCUT2D eigenvalue weighted by Crippen LogP contribution is 2.24. The van der Waals surface area contributed by atoms with E-state index >= 15 is 0 Å². The Morgan fingerprint density at radius 3 is 2.92 bits per heavy atom. The van der Waals surface area contributed by atoms with Crippen LogP contribution >= 0.6 is 11.8 Å². The number of hydrogen-bond donors (Lipinski definition) is 2. The fourth-order valence-electron chi connectivity index (χ4n) is 2.79. The van der Waals surface area contributed by atoms with Gasteiger partial charge in [0.15, 0.2) is 0 Å². The summed E-state index contributed by atoms with van der Waals surface area (Å²) in [4.78, 5) is 23.4. The largest absolute Gasteiger partial charge is 0.497 e. The molecule has 1 aromatic carbocycles. The first-order valence-electron chi connectivity index (χ1n) is 8.42.